The van der Waals surface area contributed by atoms with Gasteiger partial charge in [-0.25, -0.2) is 0 Å². The molecule has 0 radical (unpaired) electrons. The molecule has 0 fully saturated rings. The van der Waals surface area contributed by atoms with Crippen LogP contribution in [0.3, 0.4) is 0 Å². The van der Waals surface area contributed by atoms with Crippen molar-refractivity contribution < 1.29 is 4.79 Å². The van der Waals surface area contributed by atoms with Crippen molar-refractivity contribution in [2.75, 3.05) is 17.6 Å². The largest absolute Gasteiger partial charge is 0.399 e. The summed E-state index contributed by atoms with van der Waals surface area (Å²) in [4.78, 5) is 12.1. The summed E-state index contributed by atoms with van der Waals surface area (Å²) >= 11 is 11.9. The van der Waals surface area contributed by atoms with Gasteiger partial charge in [-0.3, -0.25) is 4.79 Å². The molecule has 2 aromatic carbocycles. The highest BCUT2D eigenvalue weighted by molar-refractivity contribution is 6.35. The molecule has 2 aromatic rings. The van der Waals surface area contributed by atoms with E-state index in [9.17, 15) is 4.79 Å². The fourth-order valence-corrected chi connectivity index (χ4v) is 2.43. The fourth-order valence-electron chi connectivity index (χ4n) is 1.90. The van der Waals surface area contributed by atoms with Crippen molar-refractivity contribution in [2.45, 2.75) is 6.92 Å². The summed E-state index contributed by atoms with van der Waals surface area (Å²) in [5, 5.41) is 6.90. The smallest absolute Gasteiger partial charge is 0.253 e. The highest BCUT2D eigenvalue weighted by Gasteiger charge is 2.11. The van der Waals surface area contributed by atoms with Gasteiger partial charge in [-0.1, -0.05) is 23.2 Å². The van der Waals surface area contributed by atoms with Gasteiger partial charge in [-0.05, 0) is 43.3 Å². The molecular weight excluding hydrogens is 309 g/mol. The number of nitrogens with one attached hydrogen (secondary N) is 2. The minimum absolute atomic E-state index is 0.173. The maximum atomic E-state index is 12.1. The Morgan fingerprint density at radius 1 is 1.14 bits per heavy atom. The number of benzene rings is 2. The van der Waals surface area contributed by atoms with Crippen LogP contribution in [0.25, 0.3) is 0 Å². The Bertz CT molecular complexity index is 654. The predicted molar refractivity (Wildman–Crippen MR) is 88.6 cm³/mol. The Labute approximate surface area is 133 Å². The second-order valence-corrected chi connectivity index (χ2v) is 5.32. The van der Waals surface area contributed by atoms with E-state index < -0.39 is 0 Å². The second kappa shape index (κ2) is 6.70. The average molecular weight is 324 g/mol. The molecule has 0 atom stereocenters. The maximum absolute atomic E-state index is 12.1. The number of halogens is 2. The number of nitrogen functional groups attached to an aromatic ring is 1. The van der Waals surface area contributed by atoms with Crippen molar-refractivity contribution in [3.05, 3.63) is 52.0 Å². The average Bonchev–Trinajstić information content (AvgIpc) is 2.37. The third-order valence-corrected chi connectivity index (χ3v) is 3.20. The van der Waals surface area contributed by atoms with Crippen LogP contribution in [0.2, 0.25) is 10.0 Å². The highest BCUT2D eigenvalue weighted by Crippen LogP contribution is 2.28. The van der Waals surface area contributed by atoms with Crippen LogP contribution >= 0.6 is 23.2 Å². The van der Waals surface area contributed by atoms with E-state index in [-0.39, 0.29) is 5.91 Å². The SMILES string of the molecule is CCNC(=O)c1ccc(N)cc1Nc1cc(Cl)cc(Cl)c1. The van der Waals surface area contributed by atoms with Crippen LogP contribution in [0.5, 0.6) is 0 Å². The predicted octanol–water partition coefficient (Wildman–Crippen LogP) is 4.07. The first-order chi connectivity index (χ1) is 9.99. The van der Waals surface area contributed by atoms with Crippen molar-refractivity contribution in [1.29, 1.82) is 0 Å². The van der Waals surface area contributed by atoms with Crippen LogP contribution in [-0.4, -0.2) is 12.5 Å². The summed E-state index contributed by atoms with van der Waals surface area (Å²) in [6.45, 7) is 2.41. The van der Waals surface area contributed by atoms with Crippen molar-refractivity contribution in [3.63, 3.8) is 0 Å². The van der Waals surface area contributed by atoms with Crippen LogP contribution < -0.4 is 16.4 Å². The molecule has 21 heavy (non-hydrogen) atoms. The molecule has 0 saturated heterocycles. The molecule has 0 aliphatic rings. The van der Waals surface area contributed by atoms with E-state index in [1.54, 1.807) is 36.4 Å². The first-order valence-corrected chi connectivity index (χ1v) is 7.16. The monoisotopic (exact) mass is 323 g/mol. The molecule has 2 rings (SSSR count). The van der Waals surface area contributed by atoms with E-state index in [1.807, 2.05) is 6.92 Å². The summed E-state index contributed by atoms with van der Waals surface area (Å²) in [6, 6.07) is 10.1. The Morgan fingerprint density at radius 2 is 1.81 bits per heavy atom. The number of anilines is 3. The molecule has 4 nitrogen and oxygen atoms in total. The number of amides is 1. The summed E-state index contributed by atoms with van der Waals surface area (Å²) in [6.07, 6.45) is 0. The molecule has 0 saturated carbocycles. The van der Waals surface area contributed by atoms with Crippen LogP contribution in [0, 0.1) is 0 Å². The molecule has 0 aromatic heterocycles. The number of carbonyl (C=O) groups excluding carboxylic acids is 1. The molecule has 6 heteroatoms. The minimum atomic E-state index is -0.173. The van der Waals surface area contributed by atoms with E-state index in [1.165, 1.54) is 0 Å². The zero-order valence-electron chi connectivity index (χ0n) is 11.4. The number of rotatable bonds is 4. The van der Waals surface area contributed by atoms with Gasteiger partial charge in [0.2, 0.25) is 0 Å². The normalized spacial score (nSPS) is 10.2. The van der Waals surface area contributed by atoms with E-state index in [0.717, 1.165) is 0 Å². The van der Waals surface area contributed by atoms with Gasteiger partial charge in [0, 0.05) is 28.0 Å². The number of hydrogen-bond acceptors (Lipinski definition) is 3. The lowest BCUT2D eigenvalue weighted by Gasteiger charge is -2.13. The van der Waals surface area contributed by atoms with Gasteiger partial charge in [0.25, 0.3) is 5.91 Å². The second-order valence-electron chi connectivity index (χ2n) is 4.45. The maximum Gasteiger partial charge on any atom is 0.253 e. The molecule has 1 amide bonds. The zero-order valence-corrected chi connectivity index (χ0v) is 12.9. The third kappa shape index (κ3) is 4.03. The molecular formula is C15H15Cl2N3O. The van der Waals surface area contributed by atoms with Crippen LogP contribution in [0.1, 0.15) is 17.3 Å². The highest BCUT2D eigenvalue weighted by atomic mass is 35.5. The van der Waals surface area contributed by atoms with E-state index in [2.05, 4.69) is 10.6 Å². The summed E-state index contributed by atoms with van der Waals surface area (Å²) < 4.78 is 0. The first-order valence-electron chi connectivity index (χ1n) is 6.40. The minimum Gasteiger partial charge on any atom is -0.399 e. The Hall–Kier alpha value is -1.91. The number of hydrogen-bond donors (Lipinski definition) is 3. The zero-order chi connectivity index (χ0) is 15.4. The van der Waals surface area contributed by atoms with Gasteiger partial charge in [-0.2, -0.15) is 0 Å². The molecule has 110 valence electrons. The van der Waals surface area contributed by atoms with Crippen molar-refractivity contribution >= 4 is 46.2 Å². The van der Waals surface area contributed by atoms with Gasteiger partial charge < -0.3 is 16.4 Å². The van der Waals surface area contributed by atoms with E-state index in [0.29, 0.717) is 39.2 Å². The number of carbonyl (C=O) groups is 1. The van der Waals surface area contributed by atoms with Crippen molar-refractivity contribution in [3.8, 4) is 0 Å². The summed E-state index contributed by atoms with van der Waals surface area (Å²) in [7, 11) is 0. The topological polar surface area (TPSA) is 67.2 Å². The lowest BCUT2D eigenvalue weighted by Crippen LogP contribution is -2.23. The van der Waals surface area contributed by atoms with Gasteiger partial charge in [0.1, 0.15) is 0 Å². The van der Waals surface area contributed by atoms with Crippen LogP contribution in [0.4, 0.5) is 17.1 Å². The lowest BCUT2D eigenvalue weighted by atomic mass is 10.1. The summed E-state index contributed by atoms with van der Waals surface area (Å²) in [5.74, 6) is -0.173. The van der Waals surface area contributed by atoms with E-state index in [4.69, 9.17) is 28.9 Å². The lowest BCUT2D eigenvalue weighted by molar-refractivity contribution is 0.0956. The van der Waals surface area contributed by atoms with Crippen LogP contribution in [-0.2, 0) is 0 Å². The first kappa shape index (κ1) is 15.5. The van der Waals surface area contributed by atoms with E-state index >= 15 is 0 Å². The summed E-state index contributed by atoms with van der Waals surface area (Å²) in [5.41, 5.74) is 8.13. The van der Waals surface area contributed by atoms with Crippen molar-refractivity contribution in [1.82, 2.24) is 5.32 Å². The standard InChI is InChI=1S/C15H15Cl2N3O/c1-2-19-15(21)13-4-3-11(18)8-14(13)20-12-6-9(16)5-10(17)7-12/h3-8,20H,2,18H2,1H3,(H,19,21). The molecule has 0 heterocycles. The quantitative estimate of drug-likeness (QED) is 0.743. The van der Waals surface area contributed by atoms with Gasteiger partial charge >= 0.3 is 0 Å². The Balaban J connectivity index is 2.38. The van der Waals surface area contributed by atoms with Gasteiger partial charge in [0.15, 0.2) is 0 Å². The number of nitrogens with two attached hydrogens (primary N) is 1. The molecule has 0 bridgehead atoms. The molecule has 0 spiro atoms. The molecule has 0 aliphatic heterocycles. The van der Waals surface area contributed by atoms with Gasteiger partial charge in [0.05, 0.1) is 11.3 Å². The molecule has 0 aliphatic carbocycles. The van der Waals surface area contributed by atoms with Crippen molar-refractivity contribution in [2.24, 2.45) is 0 Å². The van der Waals surface area contributed by atoms with Gasteiger partial charge in [-0.15, -0.1) is 0 Å². The molecule has 0 unspecified atom stereocenters. The third-order valence-electron chi connectivity index (χ3n) is 2.77. The molecule has 4 N–H and O–H groups in total. The fraction of sp³-hybridized carbons (Fsp3) is 0.133. The Kier molecular flexibility index (Phi) is 4.94. The van der Waals surface area contributed by atoms with Crippen LogP contribution in [0.15, 0.2) is 36.4 Å². The Morgan fingerprint density at radius 3 is 2.43 bits per heavy atom.